The molecule has 24 heavy (non-hydrogen) atoms. The molecule has 1 N–H and O–H groups in total. The molecule has 2 heterocycles. The summed E-state index contributed by atoms with van der Waals surface area (Å²) in [5.74, 6) is 0.333. The Morgan fingerprint density at radius 2 is 1.79 bits per heavy atom. The number of para-hydroxylation sites is 1. The van der Waals surface area contributed by atoms with Crippen molar-refractivity contribution in [1.29, 1.82) is 0 Å². The molecule has 0 aliphatic heterocycles. The van der Waals surface area contributed by atoms with Gasteiger partial charge in [0.25, 0.3) is 5.91 Å². The molecule has 0 unspecified atom stereocenters. The van der Waals surface area contributed by atoms with Gasteiger partial charge in [-0.2, -0.15) is 0 Å². The van der Waals surface area contributed by atoms with Crippen LogP contribution in [-0.4, -0.2) is 21.0 Å². The van der Waals surface area contributed by atoms with E-state index >= 15 is 0 Å². The number of amides is 1. The minimum atomic E-state index is -0.420. The molecule has 0 radical (unpaired) electrons. The van der Waals surface area contributed by atoms with E-state index in [1.165, 1.54) is 0 Å². The molecule has 0 saturated heterocycles. The second-order valence-electron chi connectivity index (χ2n) is 5.15. The highest BCUT2D eigenvalue weighted by Gasteiger charge is 2.15. The fourth-order valence-electron chi connectivity index (χ4n) is 2.32. The zero-order chi connectivity index (χ0) is 16.4. The number of fused-ring (bicyclic) bond motifs is 1. The monoisotopic (exact) mass is 316 g/mol. The maximum Gasteiger partial charge on any atom is 0.280 e. The number of rotatable bonds is 3. The molecule has 4 rings (SSSR count). The van der Waals surface area contributed by atoms with Crippen LogP contribution in [0.15, 0.2) is 71.4 Å². The molecule has 4 aromatic rings. The van der Waals surface area contributed by atoms with Crippen LogP contribution < -0.4 is 5.32 Å². The highest BCUT2D eigenvalue weighted by molar-refractivity contribution is 6.02. The number of benzene rings is 2. The van der Waals surface area contributed by atoms with E-state index in [-0.39, 0.29) is 11.6 Å². The van der Waals surface area contributed by atoms with Gasteiger partial charge < -0.3 is 4.52 Å². The van der Waals surface area contributed by atoms with Crippen molar-refractivity contribution in [3.05, 3.63) is 72.6 Å². The number of carbonyl (C=O) groups excluding carboxylic acids is 1. The van der Waals surface area contributed by atoms with Gasteiger partial charge in [0.15, 0.2) is 11.5 Å². The average molecular weight is 316 g/mol. The lowest BCUT2D eigenvalue weighted by Gasteiger charge is -2.02. The third kappa shape index (κ3) is 2.72. The van der Waals surface area contributed by atoms with Crippen LogP contribution in [0.1, 0.15) is 10.5 Å². The van der Waals surface area contributed by atoms with Crippen LogP contribution in [0.4, 0.5) is 5.95 Å². The SMILES string of the molecule is O=C(Nc1ncc2ccccc2n1)c1cc(-c2ccccc2)on1. The van der Waals surface area contributed by atoms with Crippen LogP contribution in [0, 0.1) is 0 Å². The fourth-order valence-corrected chi connectivity index (χ4v) is 2.32. The second-order valence-corrected chi connectivity index (χ2v) is 5.15. The van der Waals surface area contributed by atoms with Crippen LogP contribution >= 0.6 is 0 Å². The molecule has 0 saturated carbocycles. The summed E-state index contributed by atoms with van der Waals surface area (Å²) in [5.41, 5.74) is 1.78. The van der Waals surface area contributed by atoms with E-state index in [1.807, 2.05) is 54.6 Å². The van der Waals surface area contributed by atoms with Crippen LogP contribution in [0.5, 0.6) is 0 Å². The number of hydrogen-bond donors (Lipinski definition) is 1. The van der Waals surface area contributed by atoms with Gasteiger partial charge in [0, 0.05) is 23.2 Å². The van der Waals surface area contributed by atoms with Gasteiger partial charge in [-0.3, -0.25) is 10.1 Å². The Labute approximate surface area is 137 Å². The van der Waals surface area contributed by atoms with Gasteiger partial charge in [-0.1, -0.05) is 53.7 Å². The first-order valence-electron chi connectivity index (χ1n) is 7.35. The molecule has 6 heteroatoms. The van der Waals surface area contributed by atoms with Gasteiger partial charge >= 0.3 is 0 Å². The molecular formula is C18H12N4O2. The smallest absolute Gasteiger partial charge is 0.280 e. The predicted molar refractivity (Wildman–Crippen MR) is 89.4 cm³/mol. The normalized spacial score (nSPS) is 10.7. The van der Waals surface area contributed by atoms with Crippen LogP contribution in [0.3, 0.4) is 0 Å². The molecule has 0 atom stereocenters. The molecule has 0 bridgehead atoms. The molecule has 0 spiro atoms. The number of carbonyl (C=O) groups is 1. The summed E-state index contributed by atoms with van der Waals surface area (Å²) < 4.78 is 5.23. The minimum absolute atomic E-state index is 0.172. The molecule has 2 aromatic carbocycles. The van der Waals surface area contributed by atoms with E-state index < -0.39 is 5.91 Å². The van der Waals surface area contributed by atoms with Crippen molar-refractivity contribution in [2.75, 3.05) is 5.32 Å². The summed E-state index contributed by atoms with van der Waals surface area (Å²) in [5, 5.41) is 7.35. The summed E-state index contributed by atoms with van der Waals surface area (Å²) in [6.07, 6.45) is 1.66. The number of nitrogens with zero attached hydrogens (tertiary/aromatic N) is 3. The first-order chi connectivity index (χ1) is 11.8. The largest absolute Gasteiger partial charge is 0.355 e. The molecule has 2 aromatic heterocycles. The summed E-state index contributed by atoms with van der Waals surface area (Å²) >= 11 is 0. The highest BCUT2D eigenvalue weighted by atomic mass is 16.5. The zero-order valence-electron chi connectivity index (χ0n) is 12.5. The predicted octanol–water partition coefficient (Wildman–Crippen LogP) is 3.54. The topological polar surface area (TPSA) is 80.9 Å². The van der Waals surface area contributed by atoms with E-state index in [0.717, 1.165) is 16.5 Å². The van der Waals surface area contributed by atoms with Gasteiger partial charge in [-0.05, 0) is 6.07 Å². The summed E-state index contributed by atoms with van der Waals surface area (Å²) in [7, 11) is 0. The first kappa shape index (κ1) is 14.1. The molecule has 6 nitrogen and oxygen atoms in total. The highest BCUT2D eigenvalue weighted by Crippen LogP contribution is 2.20. The number of nitrogens with one attached hydrogen (secondary N) is 1. The fraction of sp³-hybridized carbons (Fsp3) is 0. The Bertz CT molecular complexity index is 1010. The quantitative estimate of drug-likeness (QED) is 0.625. The molecule has 0 aliphatic carbocycles. The van der Waals surface area contributed by atoms with Gasteiger partial charge in [-0.15, -0.1) is 0 Å². The van der Waals surface area contributed by atoms with Crippen LogP contribution in [-0.2, 0) is 0 Å². The van der Waals surface area contributed by atoms with Gasteiger partial charge in [-0.25, -0.2) is 9.97 Å². The number of aromatic nitrogens is 3. The first-order valence-corrected chi connectivity index (χ1v) is 7.35. The third-order valence-corrected chi connectivity index (χ3v) is 3.52. The maximum absolute atomic E-state index is 12.3. The van der Waals surface area contributed by atoms with E-state index in [4.69, 9.17) is 4.52 Å². The van der Waals surface area contributed by atoms with Gasteiger partial charge in [0.1, 0.15) is 0 Å². The van der Waals surface area contributed by atoms with Gasteiger partial charge in [0.05, 0.1) is 5.52 Å². The molecular weight excluding hydrogens is 304 g/mol. The Hall–Kier alpha value is -3.54. The van der Waals surface area contributed by atoms with E-state index in [2.05, 4.69) is 20.4 Å². The second kappa shape index (κ2) is 5.92. The van der Waals surface area contributed by atoms with Crippen LogP contribution in [0.25, 0.3) is 22.2 Å². The van der Waals surface area contributed by atoms with Crippen molar-refractivity contribution < 1.29 is 9.32 Å². The average Bonchev–Trinajstić information content (AvgIpc) is 3.13. The van der Waals surface area contributed by atoms with Crippen molar-refractivity contribution in [3.63, 3.8) is 0 Å². The standard InChI is InChI=1S/C18H12N4O2/c23-17(15-10-16(24-22-15)12-6-2-1-3-7-12)21-18-19-11-13-8-4-5-9-14(13)20-18/h1-11H,(H,19,20,21,23). The lowest BCUT2D eigenvalue weighted by atomic mass is 10.1. The van der Waals surface area contributed by atoms with Crippen molar-refractivity contribution in [3.8, 4) is 11.3 Å². The number of anilines is 1. The summed E-state index contributed by atoms with van der Waals surface area (Å²) in [4.78, 5) is 20.7. The Morgan fingerprint density at radius 1 is 1.00 bits per heavy atom. The van der Waals surface area contributed by atoms with E-state index in [0.29, 0.717) is 5.76 Å². The summed E-state index contributed by atoms with van der Waals surface area (Å²) in [6.45, 7) is 0. The van der Waals surface area contributed by atoms with Crippen LogP contribution in [0.2, 0.25) is 0 Å². The molecule has 0 aliphatic rings. The van der Waals surface area contributed by atoms with E-state index in [1.54, 1.807) is 12.3 Å². The Balaban J connectivity index is 1.56. The van der Waals surface area contributed by atoms with E-state index in [9.17, 15) is 4.79 Å². The molecule has 1 amide bonds. The van der Waals surface area contributed by atoms with Crippen molar-refractivity contribution in [1.82, 2.24) is 15.1 Å². The zero-order valence-corrected chi connectivity index (χ0v) is 12.5. The molecule has 0 fully saturated rings. The lowest BCUT2D eigenvalue weighted by molar-refractivity contribution is 0.101. The van der Waals surface area contributed by atoms with Gasteiger partial charge in [0.2, 0.25) is 5.95 Å². The van der Waals surface area contributed by atoms with Crippen molar-refractivity contribution in [2.24, 2.45) is 0 Å². The molecule has 116 valence electrons. The lowest BCUT2D eigenvalue weighted by Crippen LogP contribution is -2.14. The Morgan fingerprint density at radius 3 is 2.67 bits per heavy atom. The maximum atomic E-state index is 12.3. The number of hydrogen-bond acceptors (Lipinski definition) is 5. The summed E-state index contributed by atoms with van der Waals surface area (Å²) in [6, 6.07) is 18.6. The Kier molecular flexibility index (Phi) is 3.47. The van der Waals surface area contributed by atoms with Crippen molar-refractivity contribution >= 4 is 22.8 Å². The van der Waals surface area contributed by atoms with Crippen molar-refractivity contribution in [2.45, 2.75) is 0 Å². The minimum Gasteiger partial charge on any atom is -0.355 e. The third-order valence-electron chi connectivity index (χ3n) is 3.52.